The number of hydrogen-bond donors (Lipinski definition) is 1. The molecule has 1 aliphatic heterocycles. The number of carbonyl (C=O) groups excluding carboxylic acids is 1. The zero-order chi connectivity index (χ0) is 23.8. The van der Waals surface area contributed by atoms with Gasteiger partial charge in [-0.1, -0.05) is 56.6 Å². The maximum Gasteiger partial charge on any atom is 0.279 e. The second-order valence-corrected chi connectivity index (χ2v) is 9.30. The molecule has 0 atom stereocenters. The first kappa shape index (κ1) is 22.7. The van der Waals surface area contributed by atoms with Crippen LogP contribution in [0.25, 0.3) is 17.4 Å². The van der Waals surface area contributed by atoms with Crippen LogP contribution in [-0.2, 0) is 16.8 Å². The van der Waals surface area contributed by atoms with Crippen molar-refractivity contribution in [1.29, 1.82) is 0 Å². The summed E-state index contributed by atoms with van der Waals surface area (Å²) in [7, 11) is 1.56. The lowest BCUT2D eigenvalue weighted by atomic mass is 9.87. The third-order valence-electron chi connectivity index (χ3n) is 5.48. The Labute approximate surface area is 198 Å². The van der Waals surface area contributed by atoms with Crippen LogP contribution in [0, 0.1) is 0 Å². The molecule has 2 aromatic carbocycles. The Morgan fingerprint density at radius 3 is 2.48 bits per heavy atom. The first-order valence-electron chi connectivity index (χ1n) is 10.6. The van der Waals surface area contributed by atoms with Crippen LogP contribution < -0.4 is 10.5 Å². The predicted octanol–water partition coefficient (Wildman–Crippen LogP) is 5.60. The van der Waals surface area contributed by atoms with Gasteiger partial charge in [-0.15, -0.1) is 0 Å². The average molecular weight is 464 g/mol. The lowest BCUT2D eigenvalue weighted by molar-refractivity contribution is -0.123. The van der Waals surface area contributed by atoms with Crippen LogP contribution in [0.1, 0.15) is 37.7 Å². The van der Waals surface area contributed by atoms with Crippen molar-refractivity contribution in [3.8, 4) is 17.1 Å². The summed E-state index contributed by atoms with van der Waals surface area (Å²) in [6.07, 6.45) is 1.59. The van der Waals surface area contributed by atoms with Crippen LogP contribution in [0.5, 0.6) is 5.75 Å². The van der Waals surface area contributed by atoms with Crippen LogP contribution >= 0.6 is 11.6 Å². The number of benzene rings is 2. The van der Waals surface area contributed by atoms with Gasteiger partial charge in [0.05, 0.1) is 18.7 Å². The minimum Gasteiger partial charge on any atom is -0.495 e. The molecule has 0 bridgehead atoms. The lowest BCUT2D eigenvalue weighted by Crippen LogP contribution is -2.36. The maximum atomic E-state index is 12.9. The normalized spacial score (nSPS) is 15.3. The van der Waals surface area contributed by atoms with Crippen LogP contribution in [0.4, 0.5) is 0 Å². The lowest BCUT2D eigenvalue weighted by Gasteiger charge is -2.20. The molecule has 1 amide bonds. The monoisotopic (exact) mass is 463 g/mol. The molecule has 4 rings (SSSR count). The number of methoxy groups -OCH3 is 1. The zero-order valence-corrected chi connectivity index (χ0v) is 19.8. The highest BCUT2D eigenvalue weighted by atomic mass is 35.5. The molecular formula is C26H26ClN3O3. The van der Waals surface area contributed by atoms with Crippen molar-refractivity contribution in [2.45, 2.75) is 32.7 Å². The molecule has 0 radical (unpaired) electrons. The molecule has 0 saturated heterocycles. The van der Waals surface area contributed by atoms with Gasteiger partial charge >= 0.3 is 0 Å². The number of guanidine groups is 1. The Kier molecular flexibility index (Phi) is 6.04. The number of ether oxygens (including phenoxy) is 1. The van der Waals surface area contributed by atoms with E-state index in [9.17, 15) is 4.79 Å². The summed E-state index contributed by atoms with van der Waals surface area (Å²) in [4.78, 5) is 18.6. The highest BCUT2D eigenvalue weighted by Gasteiger charge is 2.29. The second-order valence-electron chi connectivity index (χ2n) is 8.89. The smallest absolute Gasteiger partial charge is 0.279 e. The van der Waals surface area contributed by atoms with E-state index in [0.717, 1.165) is 11.1 Å². The molecule has 33 heavy (non-hydrogen) atoms. The molecule has 0 saturated carbocycles. The third-order valence-corrected chi connectivity index (χ3v) is 5.77. The summed E-state index contributed by atoms with van der Waals surface area (Å²) in [6, 6.07) is 17.2. The minimum atomic E-state index is -0.266. The fourth-order valence-corrected chi connectivity index (χ4v) is 3.81. The Hall–Kier alpha value is -3.51. The molecule has 2 N–H and O–H groups in total. The molecule has 6 nitrogen and oxygen atoms in total. The van der Waals surface area contributed by atoms with Crippen molar-refractivity contribution in [3.05, 3.63) is 82.2 Å². The SMILES string of the molecule is COc1ccc(-c2ccc(C=C3N=C(N)N(Cc4ccc(C(C)(C)C)cc4)C3=O)o2)cc1Cl. The molecule has 1 aromatic heterocycles. The Morgan fingerprint density at radius 2 is 1.85 bits per heavy atom. The first-order valence-corrected chi connectivity index (χ1v) is 10.9. The van der Waals surface area contributed by atoms with Gasteiger partial charge in [-0.25, -0.2) is 4.99 Å². The van der Waals surface area contributed by atoms with Gasteiger partial charge in [0.15, 0.2) is 0 Å². The van der Waals surface area contributed by atoms with E-state index < -0.39 is 0 Å². The van der Waals surface area contributed by atoms with Gasteiger partial charge in [0, 0.05) is 11.6 Å². The molecule has 7 heteroatoms. The minimum absolute atomic E-state index is 0.0669. The summed E-state index contributed by atoms with van der Waals surface area (Å²) in [5.74, 6) is 1.60. The van der Waals surface area contributed by atoms with Crippen LogP contribution in [0.3, 0.4) is 0 Å². The molecule has 0 spiro atoms. The van der Waals surface area contributed by atoms with E-state index in [-0.39, 0.29) is 23.0 Å². The van der Waals surface area contributed by atoms with Crippen molar-refractivity contribution in [2.75, 3.05) is 7.11 Å². The highest BCUT2D eigenvalue weighted by Crippen LogP contribution is 2.32. The standard InChI is InChI=1S/C26H26ClN3O3/c1-26(2,3)18-8-5-16(6-9-18)15-30-24(31)21(29-25(30)28)14-19-10-12-22(33-19)17-7-11-23(32-4)20(27)13-17/h5-14H,15H2,1-4H3,(H2,28,29). The van der Waals surface area contributed by atoms with Crippen LogP contribution in [0.2, 0.25) is 5.02 Å². The molecule has 3 aromatic rings. The van der Waals surface area contributed by atoms with E-state index in [1.54, 1.807) is 31.4 Å². The second kappa shape index (κ2) is 8.79. The zero-order valence-electron chi connectivity index (χ0n) is 19.1. The summed E-state index contributed by atoms with van der Waals surface area (Å²) < 4.78 is 11.1. The Balaban J connectivity index is 1.50. The number of nitrogens with zero attached hydrogens (tertiary/aromatic N) is 2. The van der Waals surface area contributed by atoms with Gasteiger partial charge in [0.1, 0.15) is 23.0 Å². The summed E-state index contributed by atoms with van der Waals surface area (Å²) in [6.45, 7) is 6.84. The van der Waals surface area contributed by atoms with E-state index >= 15 is 0 Å². The van der Waals surface area contributed by atoms with E-state index in [2.05, 4.69) is 37.9 Å². The van der Waals surface area contributed by atoms with Crippen molar-refractivity contribution in [1.82, 2.24) is 4.90 Å². The van der Waals surface area contributed by atoms with Crippen molar-refractivity contribution in [2.24, 2.45) is 10.7 Å². The number of furan rings is 1. The van der Waals surface area contributed by atoms with Gasteiger partial charge in [-0.2, -0.15) is 0 Å². The van der Waals surface area contributed by atoms with E-state index in [1.165, 1.54) is 10.5 Å². The van der Waals surface area contributed by atoms with Gasteiger partial charge < -0.3 is 14.9 Å². The van der Waals surface area contributed by atoms with Gasteiger partial charge in [0.25, 0.3) is 5.91 Å². The van der Waals surface area contributed by atoms with E-state index in [1.807, 2.05) is 24.3 Å². The maximum absolute atomic E-state index is 12.9. The van der Waals surface area contributed by atoms with E-state index in [0.29, 0.717) is 28.8 Å². The number of hydrogen-bond acceptors (Lipinski definition) is 5. The number of aliphatic imine (C=N–C) groups is 1. The van der Waals surface area contributed by atoms with Crippen LogP contribution in [-0.4, -0.2) is 23.9 Å². The van der Waals surface area contributed by atoms with Gasteiger partial charge in [-0.05, 0) is 46.9 Å². The topological polar surface area (TPSA) is 81.1 Å². The molecule has 0 fully saturated rings. The number of halogens is 1. The third kappa shape index (κ3) is 4.81. The highest BCUT2D eigenvalue weighted by molar-refractivity contribution is 6.32. The largest absolute Gasteiger partial charge is 0.495 e. The number of amides is 1. The molecular weight excluding hydrogens is 438 g/mol. The van der Waals surface area contributed by atoms with Crippen molar-refractivity contribution >= 4 is 29.5 Å². The summed E-state index contributed by atoms with van der Waals surface area (Å²) in [5, 5.41) is 0.487. The predicted molar refractivity (Wildman–Crippen MR) is 131 cm³/mol. The quantitative estimate of drug-likeness (QED) is 0.499. The first-order chi connectivity index (χ1) is 15.7. The molecule has 170 valence electrons. The van der Waals surface area contributed by atoms with Crippen molar-refractivity contribution in [3.63, 3.8) is 0 Å². The average Bonchev–Trinajstić information content (AvgIpc) is 3.34. The van der Waals surface area contributed by atoms with E-state index in [4.69, 9.17) is 26.5 Å². The molecule has 0 unspecified atom stereocenters. The van der Waals surface area contributed by atoms with Gasteiger partial charge in [-0.3, -0.25) is 9.69 Å². The fraction of sp³-hybridized carbons (Fsp3) is 0.231. The molecule has 1 aliphatic rings. The fourth-order valence-electron chi connectivity index (χ4n) is 3.55. The summed E-state index contributed by atoms with van der Waals surface area (Å²) in [5.41, 5.74) is 9.36. The molecule has 2 heterocycles. The van der Waals surface area contributed by atoms with Gasteiger partial charge in [0.2, 0.25) is 5.96 Å². The summed E-state index contributed by atoms with van der Waals surface area (Å²) >= 11 is 6.21. The van der Waals surface area contributed by atoms with Crippen molar-refractivity contribution < 1.29 is 13.9 Å². The Bertz CT molecular complexity index is 1250. The number of nitrogens with two attached hydrogens (primary N) is 1. The number of rotatable bonds is 5. The Morgan fingerprint density at radius 1 is 1.12 bits per heavy atom. The van der Waals surface area contributed by atoms with Crippen LogP contribution in [0.15, 0.2) is 69.7 Å². The number of carbonyl (C=O) groups is 1. The molecule has 0 aliphatic carbocycles.